The Kier molecular flexibility index (Phi) is 5.50. The smallest absolute Gasteiger partial charge is 0.260 e. The van der Waals surface area contributed by atoms with Gasteiger partial charge in [-0.05, 0) is 18.4 Å². The van der Waals surface area contributed by atoms with Gasteiger partial charge in [0.1, 0.15) is 0 Å². The third-order valence-electron chi connectivity index (χ3n) is 4.37. The number of hydrogen-bond acceptors (Lipinski definition) is 4. The van der Waals surface area contributed by atoms with Gasteiger partial charge >= 0.3 is 0 Å². The first-order chi connectivity index (χ1) is 12.1. The molecule has 3 rings (SSSR count). The Bertz CT molecular complexity index is 791. The first-order valence-corrected chi connectivity index (χ1v) is 9.81. The van der Waals surface area contributed by atoms with Crippen LogP contribution in [-0.4, -0.2) is 59.7 Å². The average Bonchev–Trinajstić information content (AvgIpc) is 3.06. The number of H-pyrrole nitrogens is 1. The molecule has 2 heterocycles. The summed E-state index contributed by atoms with van der Waals surface area (Å²) in [5, 5.41) is 0.0938. The number of nitrogens with one attached hydrogen (secondary N) is 1. The van der Waals surface area contributed by atoms with Crippen LogP contribution in [0.4, 0.5) is 0 Å². The van der Waals surface area contributed by atoms with Crippen molar-refractivity contribution in [3.05, 3.63) is 48.4 Å². The van der Waals surface area contributed by atoms with Gasteiger partial charge in [-0.15, -0.1) is 0 Å². The SMILES string of the molecule is O=C(CCc1ccccc1)N1CCCN(S(=O)(=O)c2cnc[nH]2)CC1. The van der Waals surface area contributed by atoms with Gasteiger partial charge in [-0.25, -0.2) is 13.4 Å². The van der Waals surface area contributed by atoms with E-state index in [1.165, 1.54) is 16.8 Å². The zero-order valence-corrected chi connectivity index (χ0v) is 14.8. The van der Waals surface area contributed by atoms with Crippen LogP contribution in [0.2, 0.25) is 0 Å². The molecule has 0 saturated carbocycles. The van der Waals surface area contributed by atoms with Gasteiger partial charge in [0.15, 0.2) is 5.03 Å². The number of nitrogens with zero attached hydrogens (tertiary/aromatic N) is 3. The maximum atomic E-state index is 12.5. The zero-order valence-electron chi connectivity index (χ0n) is 14.0. The molecule has 1 N–H and O–H groups in total. The topological polar surface area (TPSA) is 86.4 Å². The van der Waals surface area contributed by atoms with Gasteiger partial charge in [0.2, 0.25) is 5.91 Å². The minimum absolute atomic E-state index is 0.0737. The number of sulfonamides is 1. The third kappa shape index (κ3) is 4.26. The molecule has 0 atom stereocenters. The fourth-order valence-electron chi connectivity index (χ4n) is 2.96. The van der Waals surface area contributed by atoms with E-state index in [-0.39, 0.29) is 10.9 Å². The molecule has 7 nitrogen and oxygen atoms in total. The summed E-state index contributed by atoms with van der Waals surface area (Å²) in [5.74, 6) is 0.0737. The van der Waals surface area contributed by atoms with Crippen LogP contribution in [0.25, 0.3) is 0 Å². The quantitative estimate of drug-likeness (QED) is 0.868. The fraction of sp³-hybridized carbons (Fsp3) is 0.412. The monoisotopic (exact) mass is 362 g/mol. The van der Waals surface area contributed by atoms with Gasteiger partial charge in [0.25, 0.3) is 10.0 Å². The van der Waals surface area contributed by atoms with Crippen molar-refractivity contribution >= 4 is 15.9 Å². The molecule has 25 heavy (non-hydrogen) atoms. The highest BCUT2D eigenvalue weighted by Crippen LogP contribution is 2.16. The maximum absolute atomic E-state index is 12.5. The van der Waals surface area contributed by atoms with Crippen molar-refractivity contribution in [2.75, 3.05) is 26.2 Å². The summed E-state index contributed by atoms with van der Waals surface area (Å²) in [6.45, 7) is 1.71. The summed E-state index contributed by atoms with van der Waals surface area (Å²) in [5.41, 5.74) is 1.13. The molecule has 8 heteroatoms. The van der Waals surface area contributed by atoms with Gasteiger partial charge in [-0.2, -0.15) is 4.31 Å². The molecule has 0 unspecified atom stereocenters. The van der Waals surface area contributed by atoms with Crippen molar-refractivity contribution in [2.24, 2.45) is 0 Å². The lowest BCUT2D eigenvalue weighted by molar-refractivity contribution is -0.131. The number of imidazole rings is 1. The summed E-state index contributed by atoms with van der Waals surface area (Å²) in [6.07, 6.45) is 4.43. The largest absolute Gasteiger partial charge is 0.341 e. The number of aromatic amines is 1. The predicted molar refractivity (Wildman–Crippen MR) is 93.3 cm³/mol. The zero-order chi connectivity index (χ0) is 17.7. The number of carbonyl (C=O) groups excluding carboxylic acids is 1. The number of rotatable bonds is 5. The Morgan fingerprint density at radius 1 is 1.12 bits per heavy atom. The van der Waals surface area contributed by atoms with Crippen molar-refractivity contribution in [3.8, 4) is 0 Å². The van der Waals surface area contributed by atoms with Crippen molar-refractivity contribution in [3.63, 3.8) is 0 Å². The van der Waals surface area contributed by atoms with Crippen molar-refractivity contribution < 1.29 is 13.2 Å². The molecule has 134 valence electrons. The van der Waals surface area contributed by atoms with Crippen LogP contribution in [0.15, 0.2) is 47.9 Å². The lowest BCUT2D eigenvalue weighted by Crippen LogP contribution is -2.37. The van der Waals surface area contributed by atoms with Gasteiger partial charge < -0.3 is 9.88 Å². The van der Waals surface area contributed by atoms with E-state index in [0.29, 0.717) is 45.4 Å². The van der Waals surface area contributed by atoms with Crippen LogP contribution in [-0.2, 0) is 21.2 Å². The second kappa shape index (κ2) is 7.79. The number of carbonyl (C=O) groups is 1. The molecule has 0 aliphatic carbocycles. The second-order valence-corrected chi connectivity index (χ2v) is 7.95. The van der Waals surface area contributed by atoms with Crippen LogP contribution in [0.1, 0.15) is 18.4 Å². The van der Waals surface area contributed by atoms with Crippen molar-refractivity contribution in [2.45, 2.75) is 24.3 Å². The Balaban J connectivity index is 1.57. The number of benzene rings is 1. The highest BCUT2D eigenvalue weighted by atomic mass is 32.2. The van der Waals surface area contributed by atoms with E-state index in [0.717, 1.165) is 5.56 Å². The molecule has 0 spiro atoms. The lowest BCUT2D eigenvalue weighted by atomic mass is 10.1. The third-order valence-corrected chi connectivity index (χ3v) is 6.19. The molecule has 1 amide bonds. The van der Waals surface area contributed by atoms with Crippen LogP contribution in [0, 0.1) is 0 Å². The van der Waals surface area contributed by atoms with Crippen LogP contribution in [0.3, 0.4) is 0 Å². The lowest BCUT2D eigenvalue weighted by Gasteiger charge is -2.21. The minimum atomic E-state index is -3.57. The number of hydrogen-bond donors (Lipinski definition) is 1. The molecule has 1 aromatic heterocycles. The molecule has 0 bridgehead atoms. The van der Waals surface area contributed by atoms with E-state index < -0.39 is 10.0 Å². The fourth-order valence-corrected chi connectivity index (χ4v) is 4.33. The molecule has 1 saturated heterocycles. The molecular weight excluding hydrogens is 340 g/mol. The number of aromatic nitrogens is 2. The molecule has 1 aliphatic heterocycles. The molecule has 1 aliphatic rings. The molecule has 1 aromatic carbocycles. The van der Waals surface area contributed by atoms with E-state index in [2.05, 4.69) is 9.97 Å². The van der Waals surface area contributed by atoms with Crippen LogP contribution < -0.4 is 0 Å². The number of aryl methyl sites for hydroxylation is 1. The average molecular weight is 362 g/mol. The molecular formula is C17H22N4O3S. The summed E-state index contributed by atoms with van der Waals surface area (Å²) < 4.78 is 26.5. The van der Waals surface area contributed by atoms with E-state index >= 15 is 0 Å². The summed E-state index contributed by atoms with van der Waals surface area (Å²) >= 11 is 0. The van der Waals surface area contributed by atoms with E-state index in [1.54, 1.807) is 4.90 Å². The van der Waals surface area contributed by atoms with E-state index in [1.807, 2.05) is 30.3 Å². The Morgan fingerprint density at radius 3 is 2.64 bits per heavy atom. The van der Waals surface area contributed by atoms with E-state index in [9.17, 15) is 13.2 Å². The first-order valence-electron chi connectivity index (χ1n) is 8.37. The standard InChI is InChI=1S/C17H22N4O3S/c22-17(8-7-15-5-2-1-3-6-15)20-9-4-10-21(12-11-20)25(23,24)16-13-18-14-19-16/h1-3,5-6,13-14H,4,7-12H2,(H,18,19). The molecule has 1 fully saturated rings. The molecule has 0 radical (unpaired) electrons. The van der Waals surface area contributed by atoms with Gasteiger partial charge in [0.05, 0.1) is 12.5 Å². The van der Waals surface area contributed by atoms with E-state index in [4.69, 9.17) is 0 Å². The van der Waals surface area contributed by atoms with Crippen LogP contribution >= 0.6 is 0 Å². The minimum Gasteiger partial charge on any atom is -0.341 e. The Morgan fingerprint density at radius 2 is 1.92 bits per heavy atom. The highest BCUT2D eigenvalue weighted by Gasteiger charge is 2.28. The summed E-state index contributed by atoms with van der Waals surface area (Å²) in [6, 6.07) is 9.89. The first kappa shape index (κ1) is 17.6. The van der Waals surface area contributed by atoms with Gasteiger partial charge in [-0.3, -0.25) is 4.79 Å². The van der Waals surface area contributed by atoms with Gasteiger partial charge in [0, 0.05) is 32.6 Å². The normalized spacial score (nSPS) is 16.6. The van der Waals surface area contributed by atoms with Gasteiger partial charge in [-0.1, -0.05) is 30.3 Å². The number of amides is 1. The maximum Gasteiger partial charge on any atom is 0.260 e. The van der Waals surface area contributed by atoms with Crippen molar-refractivity contribution in [1.82, 2.24) is 19.2 Å². The second-order valence-electron chi connectivity index (χ2n) is 6.04. The predicted octanol–water partition coefficient (Wildman–Crippen LogP) is 1.27. The Labute approximate surface area is 147 Å². The molecule has 2 aromatic rings. The Hall–Kier alpha value is -2.19. The highest BCUT2D eigenvalue weighted by molar-refractivity contribution is 7.89. The van der Waals surface area contributed by atoms with Crippen molar-refractivity contribution in [1.29, 1.82) is 0 Å². The summed E-state index contributed by atoms with van der Waals surface area (Å²) in [7, 11) is -3.57. The van der Waals surface area contributed by atoms with Crippen LogP contribution in [0.5, 0.6) is 0 Å². The summed E-state index contributed by atoms with van der Waals surface area (Å²) in [4.78, 5) is 20.6.